The number of urea groups is 1. The second-order valence-corrected chi connectivity index (χ2v) is 8.46. The van der Waals surface area contributed by atoms with Crippen LogP contribution in [0.25, 0.3) is 0 Å². The molecule has 2 aromatic carbocycles. The molecule has 2 aliphatic heterocycles. The molecule has 2 aromatic rings. The second kappa shape index (κ2) is 11.2. The van der Waals surface area contributed by atoms with Gasteiger partial charge in [-0.15, -0.1) is 0 Å². The zero-order valence-electron chi connectivity index (χ0n) is 19.8. The number of carbonyl (C=O) groups excluding carboxylic acids is 2. The molecule has 2 N–H and O–H groups in total. The predicted molar refractivity (Wildman–Crippen MR) is 129 cm³/mol. The van der Waals surface area contributed by atoms with Gasteiger partial charge in [0, 0.05) is 45.0 Å². The van der Waals surface area contributed by atoms with Crippen molar-refractivity contribution in [3.63, 3.8) is 0 Å². The van der Waals surface area contributed by atoms with Gasteiger partial charge in [0.2, 0.25) is 0 Å². The summed E-state index contributed by atoms with van der Waals surface area (Å²) in [5.74, 6) is 0.453. The highest BCUT2D eigenvalue weighted by Gasteiger charge is 2.34. The van der Waals surface area contributed by atoms with Crippen molar-refractivity contribution in [2.45, 2.75) is 19.5 Å². The largest absolute Gasteiger partial charge is 0.497 e. The van der Waals surface area contributed by atoms with Gasteiger partial charge in [-0.05, 0) is 30.2 Å². The first-order valence-electron chi connectivity index (χ1n) is 11.7. The van der Waals surface area contributed by atoms with Crippen LogP contribution in [0.3, 0.4) is 0 Å². The zero-order chi connectivity index (χ0) is 23.9. The van der Waals surface area contributed by atoms with Crippen molar-refractivity contribution < 1.29 is 19.1 Å². The molecule has 34 heavy (non-hydrogen) atoms. The van der Waals surface area contributed by atoms with Crippen LogP contribution < -0.4 is 15.4 Å². The average molecular weight is 465 g/mol. The molecule has 2 aliphatic rings. The van der Waals surface area contributed by atoms with Crippen molar-refractivity contribution in [3.05, 3.63) is 77.0 Å². The van der Waals surface area contributed by atoms with E-state index in [1.54, 1.807) is 14.0 Å². The molecule has 0 aliphatic carbocycles. The molecule has 0 spiro atoms. The lowest BCUT2D eigenvalue weighted by Crippen LogP contribution is -2.51. The SMILES string of the molecule is CCOC(=O)C1=C(CN2CCN(Cc3ccc(OC)cc3)CC2)NC(=O)NC1c1ccccc1. The highest BCUT2D eigenvalue weighted by Crippen LogP contribution is 2.28. The molecule has 4 rings (SSSR count). The number of amides is 2. The Morgan fingerprint density at radius 2 is 1.62 bits per heavy atom. The molecule has 2 heterocycles. The lowest BCUT2D eigenvalue weighted by atomic mass is 9.95. The van der Waals surface area contributed by atoms with Crippen LogP contribution in [0.5, 0.6) is 5.75 Å². The van der Waals surface area contributed by atoms with Gasteiger partial charge < -0.3 is 20.1 Å². The van der Waals surface area contributed by atoms with Crippen molar-refractivity contribution >= 4 is 12.0 Å². The fraction of sp³-hybridized carbons (Fsp3) is 0.385. The predicted octanol–water partition coefficient (Wildman–Crippen LogP) is 2.68. The molecule has 0 aromatic heterocycles. The number of methoxy groups -OCH3 is 1. The first-order chi connectivity index (χ1) is 16.6. The molecule has 180 valence electrons. The topological polar surface area (TPSA) is 83.1 Å². The van der Waals surface area contributed by atoms with Crippen LogP contribution in [0.4, 0.5) is 4.79 Å². The zero-order valence-corrected chi connectivity index (χ0v) is 19.8. The molecule has 0 radical (unpaired) electrons. The molecule has 1 unspecified atom stereocenters. The van der Waals surface area contributed by atoms with Gasteiger partial charge in [-0.2, -0.15) is 0 Å². The van der Waals surface area contributed by atoms with Gasteiger partial charge in [-0.1, -0.05) is 42.5 Å². The number of hydrogen-bond acceptors (Lipinski definition) is 6. The van der Waals surface area contributed by atoms with Gasteiger partial charge in [0.25, 0.3) is 0 Å². The van der Waals surface area contributed by atoms with Crippen molar-refractivity contribution in [3.8, 4) is 5.75 Å². The summed E-state index contributed by atoms with van der Waals surface area (Å²) in [7, 11) is 1.67. The van der Waals surface area contributed by atoms with Crippen LogP contribution in [0, 0.1) is 0 Å². The van der Waals surface area contributed by atoms with Gasteiger partial charge in [0.15, 0.2) is 0 Å². The Balaban J connectivity index is 1.45. The average Bonchev–Trinajstić information content (AvgIpc) is 2.86. The number of nitrogens with one attached hydrogen (secondary N) is 2. The maximum Gasteiger partial charge on any atom is 0.338 e. The Morgan fingerprint density at radius 3 is 2.24 bits per heavy atom. The molecule has 1 saturated heterocycles. The van der Waals surface area contributed by atoms with Gasteiger partial charge in [0.05, 0.1) is 25.3 Å². The lowest BCUT2D eigenvalue weighted by Gasteiger charge is -2.37. The van der Waals surface area contributed by atoms with E-state index < -0.39 is 12.0 Å². The molecule has 1 atom stereocenters. The van der Waals surface area contributed by atoms with E-state index in [2.05, 4.69) is 32.6 Å². The highest BCUT2D eigenvalue weighted by molar-refractivity contribution is 5.95. The molecule has 8 heteroatoms. The molecule has 2 amide bonds. The minimum atomic E-state index is -0.541. The number of carbonyl (C=O) groups is 2. The number of piperazine rings is 1. The van der Waals surface area contributed by atoms with E-state index in [4.69, 9.17) is 9.47 Å². The minimum absolute atomic E-state index is 0.273. The highest BCUT2D eigenvalue weighted by atomic mass is 16.5. The summed E-state index contributed by atoms with van der Waals surface area (Å²) in [6.45, 7) is 6.92. The summed E-state index contributed by atoms with van der Waals surface area (Å²) in [6, 6.07) is 16.8. The van der Waals surface area contributed by atoms with E-state index in [0.717, 1.165) is 44.0 Å². The Morgan fingerprint density at radius 1 is 0.971 bits per heavy atom. The van der Waals surface area contributed by atoms with Crippen LogP contribution in [-0.4, -0.2) is 68.2 Å². The molecule has 0 bridgehead atoms. The van der Waals surface area contributed by atoms with E-state index in [-0.39, 0.29) is 12.6 Å². The summed E-state index contributed by atoms with van der Waals surface area (Å²) in [5, 5.41) is 5.76. The van der Waals surface area contributed by atoms with Crippen molar-refractivity contribution in [1.29, 1.82) is 0 Å². The molecule has 8 nitrogen and oxygen atoms in total. The molecular weight excluding hydrogens is 432 g/mol. The number of rotatable bonds is 8. The fourth-order valence-electron chi connectivity index (χ4n) is 4.41. The van der Waals surface area contributed by atoms with Crippen LogP contribution >= 0.6 is 0 Å². The molecular formula is C26H32N4O4. The van der Waals surface area contributed by atoms with Gasteiger partial charge in [-0.3, -0.25) is 9.80 Å². The van der Waals surface area contributed by atoms with Gasteiger partial charge in [0.1, 0.15) is 5.75 Å². The standard InChI is InChI=1S/C26H32N4O4/c1-3-34-25(31)23-22(27-26(32)28-24(23)20-7-5-4-6-8-20)18-30-15-13-29(14-16-30)17-19-9-11-21(33-2)12-10-19/h4-12,24H,3,13-18H2,1-2H3,(H2,27,28,32). The Hall–Kier alpha value is -3.36. The summed E-state index contributed by atoms with van der Waals surface area (Å²) in [4.78, 5) is 30.1. The molecule has 1 fully saturated rings. The monoisotopic (exact) mass is 464 g/mol. The van der Waals surface area contributed by atoms with Gasteiger partial charge >= 0.3 is 12.0 Å². The summed E-state index contributed by atoms with van der Waals surface area (Å²) in [6.07, 6.45) is 0. The number of benzene rings is 2. The van der Waals surface area contributed by atoms with E-state index in [1.165, 1.54) is 5.56 Å². The first-order valence-corrected chi connectivity index (χ1v) is 11.7. The van der Waals surface area contributed by atoms with E-state index in [0.29, 0.717) is 17.8 Å². The second-order valence-electron chi connectivity index (χ2n) is 8.46. The molecule has 0 saturated carbocycles. The minimum Gasteiger partial charge on any atom is -0.497 e. The third-order valence-corrected chi connectivity index (χ3v) is 6.19. The number of hydrogen-bond donors (Lipinski definition) is 2. The van der Waals surface area contributed by atoms with Gasteiger partial charge in [-0.25, -0.2) is 9.59 Å². The van der Waals surface area contributed by atoms with E-state index in [1.807, 2.05) is 42.5 Å². The Bertz CT molecular complexity index is 1010. The normalized spacial score (nSPS) is 19.4. The Kier molecular flexibility index (Phi) is 7.82. The van der Waals surface area contributed by atoms with Crippen LogP contribution in [0.2, 0.25) is 0 Å². The van der Waals surface area contributed by atoms with E-state index in [9.17, 15) is 9.59 Å². The third-order valence-electron chi connectivity index (χ3n) is 6.19. The third kappa shape index (κ3) is 5.76. The maximum atomic E-state index is 12.9. The summed E-state index contributed by atoms with van der Waals surface area (Å²) in [5.41, 5.74) is 3.17. The maximum absolute atomic E-state index is 12.9. The smallest absolute Gasteiger partial charge is 0.338 e. The summed E-state index contributed by atoms with van der Waals surface area (Å²) >= 11 is 0. The van der Waals surface area contributed by atoms with E-state index >= 15 is 0 Å². The van der Waals surface area contributed by atoms with Crippen molar-refractivity contribution in [1.82, 2.24) is 20.4 Å². The van der Waals surface area contributed by atoms with Crippen molar-refractivity contribution in [2.24, 2.45) is 0 Å². The first kappa shape index (κ1) is 23.8. The van der Waals surface area contributed by atoms with Crippen LogP contribution in [0.1, 0.15) is 24.1 Å². The summed E-state index contributed by atoms with van der Waals surface area (Å²) < 4.78 is 10.6. The fourth-order valence-corrected chi connectivity index (χ4v) is 4.41. The number of nitrogens with zero attached hydrogens (tertiary/aromatic N) is 2. The quantitative estimate of drug-likeness (QED) is 0.585. The van der Waals surface area contributed by atoms with Crippen LogP contribution in [0.15, 0.2) is 65.9 Å². The Labute approximate surface area is 200 Å². The van der Waals surface area contributed by atoms with Crippen molar-refractivity contribution in [2.75, 3.05) is 46.4 Å². The van der Waals surface area contributed by atoms with Crippen LogP contribution in [-0.2, 0) is 16.1 Å². The number of esters is 1. The lowest BCUT2D eigenvalue weighted by molar-refractivity contribution is -0.139. The number of ether oxygens (including phenoxy) is 2.